The fraction of sp³-hybridized carbons (Fsp3) is 0.462. The molecule has 1 aliphatic carbocycles. The molecule has 2 nitrogen and oxygen atoms in total. The van der Waals surface area contributed by atoms with Crippen molar-refractivity contribution in [3.8, 4) is 6.07 Å². The Labute approximate surface area is 91.1 Å². The van der Waals surface area contributed by atoms with Gasteiger partial charge in [0.15, 0.2) is 0 Å². The Hall–Kier alpha value is -1.49. The number of hydrogen-bond acceptors (Lipinski definition) is 2. The summed E-state index contributed by atoms with van der Waals surface area (Å²) in [5, 5.41) is 8.81. The molecule has 0 N–H and O–H groups in total. The zero-order chi connectivity index (χ0) is 10.8. The highest BCUT2D eigenvalue weighted by Crippen LogP contribution is 2.33. The number of anilines is 1. The van der Waals surface area contributed by atoms with Crippen LogP contribution in [0.25, 0.3) is 0 Å². The number of hydrogen-bond donors (Lipinski definition) is 0. The monoisotopic (exact) mass is 200 g/mol. The Kier molecular flexibility index (Phi) is 2.64. The van der Waals surface area contributed by atoms with Crippen molar-refractivity contribution >= 4 is 5.69 Å². The standard InChI is InChI=1S/C13H16N2/c1-3-15(12-5-6-12)13-7-4-11(9-14)8-10(13)2/h4,7-8,12H,3,5-6H2,1-2H3. The van der Waals surface area contributed by atoms with Crippen LogP contribution in [0.5, 0.6) is 0 Å². The first-order chi connectivity index (χ1) is 7.26. The van der Waals surface area contributed by atoms with Crippen molar-refractivity contribution in [2.75, 3.05) is 11.4 Å². The van der Waals surface area contributed by atoms with Crippen molar-refractivity contribution in [3.05, 3.63) is 29.3 Å². The molecule has 0 amide bonds. The second kappa shape index (κ2) is 3.94. The summed E-state index contributed by atoms with van der Waals surface area (Å²) >= 11 is 0. The van der Waals surface area contributed by atoms with E-state index in [1.54, 1.807) is 0 Å². The van der Waals surface area contributed by atoms with E-state index in [1.165, 1.54) is 24.1 Å². The molecule has 1 aromatic rings. The Balaban J connectivity index is 2.31. The number of benzene rings is 1. The van der Waals surface area contributed by atoms with Gasteiger partial charge in [0.05, 0.1) is 11.6 Å². The Morgan fingerprint density at radius 2 is 2.20 bits per heavy atom. The van der Waals surface area contributed by atoms with E-state index in [-0.39, 0.29) is 0 Å². The van der Waals surface area contributed by atoms with Gasteiger partial charge < -0.3 is 4.90 Å². The zero-order valence-corrected chi connectivity index (χ0v) is 9.33. The first-order valence-corrected chi connectivity index (χ1v) is 5.53. The minimum absolute atomic E-state index is 0.738. The third-order valence-corrected chi connectivity index (χ3v) is 2.96. The molecule has 78 valence electrons. The second-order valence-electron chi connectivity index (χ2n) is 4.13. The van der Waals surface area contributed by atoms with Crippen molar-refractivity contribution in [1.82, 2.24) is 0 Å². The molecule has 0 heterocycles. The van der Waals surface area contributed by atoms with Crippen LogP contribution < -0.4 is 4.90 Å². The topological polar surface area (TPSA) is 27.0 Å². The molecule has 0 aromatic heterocycles. The van der Waals surface area contributed by atoms with Crippen LogP contribution in [0, 0.1) is 18.3 Å². The average Bonchev–Trinajstić information content (AvgIpc) is 3.05. The van der Waals surface area contributed by atoms with Gasteiger partial charge in [0.1, 0.15) is 0 Å². The molecule has 0 aliphatic heterocycles. The molecule has 1 saturated carbocycles. The molecule has 1 fully saturated rings. The fourth-order valence-corrected chi connectivity index (χ4v) is 2.06. The third-order valence-electron chi connectivity index (χ3n) is 2.96. The Morgan fingerprint density at radius 1 is 1.47 bits per heavy atom. The predicted molar refractivity (Wildman–Crippen MR) is 61.9 cm³/mol. The first-order valence-electron chi connectivity index (χ1n) is 5.53. The van der Waals surface area contributed by atoms with Crippen molar-refractivity contribution < 1.29 is 0 Å². The molecule has 1 aromatic carbocycles. The molecular formula is C13H16N2. The van der Waals surface area contributed by atoms with Crippen LogP contribution in [0.2, 0.25) is 0 Å². The molecule has 2 rings (SSSR count). The van der Waals surface area contributed by atoms with Gasteiger partial charge in [-0.1, -0.05) is 0 Å². The maximum Gasteiger partial charge on any atom is 0.0991 e. The summed E-state index contributed by atoms with van der Waals surface area (Å²) in [6.07, 6.45) is 2.63. The minimum atomic E-state index is 0.738. The summed E-state index contributed by atoms with van der Waals surface area (Å²) in [7, 11) is 0. The van der Waals surface area contributed by atoms with Crippen LogP contribution in [0.4, 0.5) is 5.69 Å². The predicted octanol–water partition coefficient (Wildman–Crippen LogP) is 2.86. The summed E-state index contributed by atoms with van der Waals surface area (Å²) in [5.41, 5.74) is 3.25. The molecule has 1 aliphatic rings. The lowest BCUT2D eigenvalue weighted by Crippen LogP contribution is -2.25. The van der Waals surface area contributed by atoms with E-state index in [9.17, 15) is 0 Å². The van der Waals surface area contributed by atoms with Crippen LogP contribution in [-0.2, 0) is 0 Å². The minimum Gasteiger partial charge on any atom is -0.369 e. The molecule has 0 saturated heterocycles. The van der Waals surface area contributed by atoms with Gasteiger partial charge in [-0.25, -0.2) is 0 Å². The van der Waals surface area contributed by atoms with E-state index in [0.717, 1.165) is 18.2 Å². The Bertz CT molecular complexity index is 399. The van der Waals surface area contributed by atoms with Crippen LogP contribution >= 0.6 is 0 Å². The molecule has 15 heavy (non-hydrogen) atoms. The lowest BCUT2D eigenvalue weighted by molar-refractivity contribution is 0.822. The molecule has 0 bridgehead atoms. The second-order valence-corrected chi connectivity index (χ2v) is 4.13. The van der Waals surface area contributed by atoms with E-state index in [0.29, 0.717) is 0 Å². The van der Waals surface area contributed by atoms with Crippen LogP contribution in [-0.4, -0.2) is 12.6 Å². The Morgan fingerprint density at radius 3 is 2.67 bits per heavy atom. The summed E-state index contributed by atoms with van der Waals surface area (Å²) in [5.74, 6) is 0. The molecule has 0 radical (unpaired) electrons. The van der Waals surface area contributed by atoms with E-state index < -0.39 is 0 Å². The van der Waals surface area contributed by atoms with Gasteiger partial charge in [-0.2, -0.15) is 5.26 Å². The van der Waals surface area contributed by atoms with Gasteiger partial charge in [0.2, 0.25) is 0 Å². The number of nitrogens with zero attached hydrogens (tertiary/aromatic N) is 2. The highest BCUT2D eigenvalue weighted by molar-refractivity contribution is 5.57. The van der Waals surface area contributed by atoms with Gasteiger partial charge >= 0.3 is 0 Å². The van der Waals surface area contributed by atoms with Crippen LogP contribution in [0.3, 0.4) is 0 Å². The van der Waals surface area contributed by atoms with Crippen molar-refractivity contribution in [2.45, 2.75) is 32.7 Å². The SMILES string of the molecule is CCN(c1ccc(C#N)cc1C)C1CC1. The van der Waals surface area contributed by atoms with Gasteiger partial charge in [-0.15, -0.1) is 0 Å². The third kappa shape index (κ3) is 1.97. The van der Waals surface area contributed by atoms with Crippen molar-refractivity contribution in [1.29, 1.82) is 5.26 Å². The van der Waals surface area contributed by atoms with Gasteiger partial charge in [0.25, 0.3) is 0 Å². The molecule has 2 heteroatoms. The highest BCUT2D eigenvalue weighted by Gasteiger charge is 2.28. The quantitative estimate of drug-likeness (QED) is 0.750. The van der Waals surface area contributed by atoms with Crippen molar-refractivity contribution in [3.63, 3.8) is 0 Å². The summed E-state index contributed by atoms with van der Waals surface area (Å²) < 4.78 is 0. The maximum atomic E-state index is 8.81. The number of rotatable bonds is 3. The first kappa shape index (κ1) is 10.0. The summed E-state index contributed by atoms with van der Waals surface area (Å²) in [4.78, 5) is 2.44. The maximum absolute atomic E-state index is 8.81. The van der Waals surface area contributed by atoms with E-state index in [2.05, 4.69) is 30.9 Å². The van der Waals surface area contributed by atoms with E-state index in [4.69, 9.17) is 5.26 Å². The van der Waals surface area contributed by atoms with Gasteiger partial charge in [-0.05, 0) is 50.5 Å². The zero-order valence-electron chi connectivity index (χ0n) is 9.33. The summed E-state index contributed by atoms with van der Waals surface area (Å²) in [6, 6.07) is 8.88. The fourth-order valence-electron chi connectivity index (χ4n) is 2.06. The molecule has 0 atom stereocenters. The summed E-state index contributed by atoms with van der Waals surface area (Å²) in [6.45, 7) is 5.33. The van der Waals surface area contributed by atoms with Crippen LogP contribution in [0.1, 0.15) is 30.9 Å². The van der Waals surface area contributed by atoms with Crippen molar-refractivity contribution in [2.24, 2.45) is 0 Å². The largest absolute Gasteiger partial charge is 0.369 e. The highest BCUT2D eigenvalue weighted by atomic mass is 15.2. The lowest BCUT2D eigenvalue weighted by Gasteiger charge is -2.24. The van der Waals surface area contributed by atoms with E-state index in [1.807, 2.05) is 12.1 Å². The molecule has 0 unspecified atom stereocenters. The van der Waals surface area contributed by atoms with Gasteiger partial charge in [0, 0.05) is 18.3 Å². The van der Waals surface area contributed by atoms with Gasteiger partial charge in [-0.3, -0.25) is 0 Å². The molecule has 0 spiro atoms. The smallest absolute Gasteiger partial charge is 0.0991 e. The average molecular weight is 200 g/mol. The van der Waals surface area contributed by atoms with E-state index >= 15 is 0 Å². The number of nitriles is 1. The normalized spacial score (nSPS) is 14.7. The number of aryl methyl sites for hydroxylation is 1. The molecular weight excluding hydrogens is 184 g/mol. The lowest BCUT2D eigenvalue weighted by atomic mass is 10.1. The van der Waals surface area contributed by atoms with Crippen LogP contribution in [0.15, 0.2) is 18.2 Å².